The van der Waals surface area contributed by atoms with E-state index in [2.05, 4.69) is 42.3 Å². The first-order chi connectivity index (χ1) is 11.1. The highest BCUT2D eigenvalue weighted by Gasteiger charge is 2.11. The van der Waals surface area contributed by atoms with E-state index in [0.717, 1.165) is 23.1 Å². The van der Waals surface area contributed by atoms with Crippen LogP contribution in [0, 0.1) is 20.8 Å². The Morgan fingerprint density at radius 2 is 1.87 bits per heavy atom. The summed E-state index contributed by atoms with van der Waals surface area (Å²) in [5.41, 5.74) is 6.63. The minimum absolute atomic E-state index is 0.00299. The molecule has 0 atom stereocenters. The fourth-order valence-corrected chi connectivity index (χ4v) is 3.04. The molecule has 3 nitrogen and oxygen atoms in total. The molecule has 1 heterocycles. The number of carbonyl (C=O) groups is 1. The predicted molar refractivity (Wildman–Crippen MR) is 95.0 cm³/mol. The van der Waals surface area contributed by atoms with Gasteiger partial charge in [-0.25, -0.2) is 0 Å². The topological polar surface area (TPSA) is 44.9 Å². The van der Waals surface area contributed by atoms with E-state index in [4.69, 9.17) is 0 Å². The van der Waals surface area contributed by atoms with Crippen molar-refractivity contribution in [2.45, 2.75) is 27.2 Å². The first kappa shape index (κ1) is 15.3. The van der Waals surface area contributed by atoms with E-state index in [1.165, 1.54) is 22.2 Å². The van der Waals surface area contributed by atoms with Gasteiger partial charge in [-0.2, -0.15) is 0 Å². The monoisotopic (exact) mass is 306 g/mol. The Labute approximate surface area is 136 Å². The Hall–Kier alpha value is -2.55. The number of aromatic amines is 1. The zero-order valence-electron chi connectivity index (χ0n) is 13.9. The van der Waals surface area contributed by atoms with Gasteiger partial charge in [-0.05, 0) is 56.5 Å². The lowest BCUT2D eigenvalue weighted by Gasteiger charge is -2.08. The van der Waals surface area contributed by atoms with E-state index >= 15 is 0 Å². The average Bonchev–Trinajstić information content (AvgIpc) is 2.83. The van der Waals surface area contributed by atoms with Gasteiger partial charge in [0.2, 0.25) is 0 Å². The third-order valence-corrected chi connectivity index (χ3v) is 4.33. The minimum atomic E-state index is -0.00299. The Morgan fingerprint density at radius 1 is 1.09 bits per heavy atom. The van der Waals surface area contributed by atoms with Crippen LogP contribution in [0.1, 0.15) is 32.7 Å². The smallest absolute Gasteiger partial charge is 0.251 e. The van der Waals surface area contributed by atoms with Crippen molar-refractivity contribution in [2.24, 2.45) is 0 Å². The maximum atomic E-state index is 12.3. The van der Waals surface area contributed by atoms with Gasteiger partial charge in [-0.3, -0.25) is 4.79 Å². The van der Waals surface area contributed by atoms with Crippen LogP contribution in [-0.2, 0) is 6.42 Å². The van der Waals surface area contributed by atoms with Gasteiger partial charge in [0.25, 0.3) is 5.91 Å². The van der Waals surface area contributed by atoms with Crippen LogP contribution in [0.3, 0.4) is 0 Å². The predicted octanol–water partition coefficient (Wildman–Crippen LogP) is 4.07. The molecule has 0 radical (unpaired) electrons. The number of carbonyl (C=O) groups excluding carboxylic acids is 1. The molecular weight excluding hydrogens is 284 g/mol. The van der Waals surface area contributed by atoms with Crippen molar-refractivity contribution >= 4 is 16.8 Å². The van der Waals surface area contributed by atoms with Crippen LogP contribution in [-0.4, -0.2) is 17.4 Å². The number of aromatic nitrogens is 1. The van der Waals surface area contributed by atoms with Crippen LogP contribution in [0.4, 0.5) is 0 Å². The maximum absolute atomic E-state index is 12.3. The first-order valence-corrected chi connectivity index (χ1v) is 7.98. The summed E-state index contributed by atoms with van der Waals surface area (Å²) in [4.78, 5) is 15.7. The van der Waals surface area contributed by atoms with Gasteiger partial charge in [0.1, 0.15) is 0 Å². The number of nitrogens with one attached hydrogen (secondary N) is 2. The van der Waals surface area contributed by atoms with Crippen molar-refractivity contribution in [3.8, 4) is 0 Å². The van der Waals surface area contributed by atoms with Crippen LogP contribution < -0.4 is 5.32 Å². The molecule has 3 aromatic rings. The zero-order chi connectivity index (χ0) is 16.4. The van der Waals surface area contributed by atoms with Crippen molar-refractivity contribution in [3.05, 3.63) is 70.4 Å². The number of hydrogen-bond acceptors (Lipinski definition) is 1. The number of hydrogen-bond donors (Lipinski definition) is 2. The van der Waals surface area contributed by atoms with Crippen molar-refractivity contribution in [1.82, 2.24) is 10.3 Å². The van der Waals surface area contributed by atoms with Crippen molar-refractivity contribution in [1.29, 1.82) is 0 Å². The molecule has 0 aliphatic rings. The summed E-state index contributed by atoms with van der Waals surface area (Å²) in [7, 11) is 0. The standard InChI is InChI=1S/C20H22N2O/c1-13-8-9-19-18(12-13)17(15(3)22-19)10-11-21-20(23)16-7-5-4-6-14(16)2/h4-9,12,22H,10-11H2,1-3H3,(H,21,23). The zero-order valence-corrected chi connectivity index (χ0v) is 13.9. The third kappa shape index (κ3) is 3.14. The Bertz CT molecular complexity index is 861. The van der Waals surface area contributed by atoms with Crippen molar-refractivity contribution in [2.75, 3.05) is 6.54 Å². The number of aryl methyl sites for hydroxylation is 3. The molecule has 0 saturated carbocycles. The SMILES string of the molecule is Cc1ccc2[nH]c(C)c(CCNC(=O)c3ccccc3C)c2c1. The number of fused-ring (bicyclic) bond motifs is 1. The Balaban J connectivity index is 1.72. The molecule has 0 saturated heterocycles. The molecule has 0 bridgehead atoms. The van der Waals surface area contributed by atoms with E-state index < -0.39 is 0 Å². The second-order valence-electron chi connectivity index (χ2n) is 6.10. The summed E-state index contributed by atoms with van der Waals surface area (Å²) in [5.74, 6) is -0.00299. The van der Waals surface area contributed by atoms with E-state index in [9.17, 15) is 4.79 Å². The van der Waals surface area contributed by atoms with Crippen LogP contribution in [0.15, 0.2) is 42.5 Å². The lowest BCUT2D eigenvalue weighted by Crippen LogP contribution is -2.26. The van der Waals surface area contributed by atoms with Gasteiger partial charge < -0.3 is 10.3 Å². The van der Waals surface area contributed by atoms with Gasteiger partial charge in [-0.15, -0.1) is 0 Å². The summed E-state index contributed by atoms with van der Waals surface area (Å²) in [6.07, 6.45) is 0.826. The number of rotatable bonds is 4. The van der Waals surface area contributed by atoms with Crippen molar-refractivity contribution < 1.29 is 4.79 Å². The molecule has 1 amide bonds. The minimum Gasteiger partial charge on any atom is -0.358 e. The average molecular weight is 306 g/mol. The largest absolute Gasteiger partial charge is 0.358 e. The molecule has 0 fully saturated rings. The highest BCUT2D eigenvalue weighted by Crippen LogP contribution is 2.23. The van der Waals surface area contributed by atoms with Gasteiger partial charge in [0, 0.05) is 28.7 Å². The summed E-state index contributed by atoms with van der Waals surface area (Å²) in [5, 5.41) is 4.29. The highest BCUT2D eigenvalue weighted by atomic mass is 16.1. The molecule has 1 aromatic heterocycles. The fraction of sp³-hybridized carbons (Fsp3) is 0.250. The first-order valence-electron chi connectivity index (χ1n) is 7.98. The molecule has 3 rings (SSSR count). The van der Waals surface area contributed by atoms with Gasteiger partial charge >= 0.3 is 0 Å². The van der Waals surface area contributed by atoms with E-state index in [1.807, 2.05) is 31.2 Å². The van der Waals surface area contributed by atoms with Gasteiger partial charge in [0.05, 0.1) is 0 Å². The molecule has 23 heavy (non-hydrogen) atoms. The maximum Gasteiger partial charge on any atom is 0.251 e. The molecule has 0 spiro atoms. The Morgan fingerprint density at radius 3 is 2.65 bits per heavy atom. The molecule has 2 aromatic carbocycles. The summed E-state index contributed by atoms with van der Waals surface area (Å²) in [6, 6.07) is 14.1. The molecule has 2 N–H and O–H groups in total. The molecule has 0 aliphatic heterocycles. The highest BCUT2D eigenvalue weighted by molar-refractivity contribution is 5.95. The molecule has 3 heteroatoms. The number of benzene rings is 2. The van der Waals surface area contributed by atoms with Crippen LogP contribution >= 0.6 is 0 Å². The number of amides is 1. The molecule has 0 aliphatic carbocycles. The summed E-state index contributed by atoms with van der Waals surface area (Å²) < 4.78 is 0. The van der Waals surface area contributed by atoms with Crippen LogP contribution in [0.25, 0.3) is 10.9 Å². The molecule has 118 valence electrons. The quantitative estimate of drug-likeness (QED) is 0.750. The van der Waals surface area contributed by atoms with E-state index in [1.54, 1.807) is 0 Å². The second kappa shape index (κ2) is 6.29. The van der Waals surface area contributed by atoms with E-state index in [-0.39, 0.29) is 5.91 Å². The lowest BCUT2D eigenvalue weighted by molar-refractivity contribution is 0.0953. The number of H-pyrrole nitrogens is 1. The fourth-order valence-electron chi connectivity index (χ4n) is 3.04. The van der Waals surface area contributed by atoms with Crippen LogP contribution in [0.2, 0.25) is 0 Å². The van der Waals surface area contributed by atoms with Crippen LogP contribution in [0.5, 0.6) is 0 Å². The van der Waals surface area contributed by atoms with E-state index in [0.29, 0.717) is 6.54 Å². The lowest BCUT2D eigenvalue weighted by atomic mass is 10.1. The van der Waals surface area contributed by atoms with Crippen molar-refractivity contribution in [3.63, 3.8) is 0 Å². The second-order valence-corrected chi connectivity index (χ2v) is 6.10. The normalized spacial score (nSPS) is 10.9. The summed E-state index contributed by atoms with van der Waals surface area (Å²) >= 11 is 0. The molecular formula is C20H22N2O. The summed E-state index contributed by atoms with van der Waals surface area (Å²) in [6.45, 7) is 6.79. The van der Waals surface area contributed by atoms with Gasteiger partial charge in [0.15, 0.2) is 0 Å². The third-order valence-electron chi connectivity index (χ3n) is 4.33. The van der Waals surface area contributed by atoms with Gasteiger partial charge in [-0.1, -0.05) is 29.8 Å². The molecule has 0 unspecified atom stereocenters. The Kier molecular flexibility index (Phi) is 4.20.